The SMILES string of the molecule is CCc1cnn(C)c1-c1csc(C(=O)NC(Cc2ccccc2C(F)(F)F)CN2C(=O)c3ccccc3C2=O)c1. The van der Waals surface area contributed by atoms with Crippen molar-refractivity contribution in [3.05, 3.63) is 98.9 Å². The molecule has 1 atom stereocenters. The van der Waals surface area contributed by atoms with Crippen LogP contribution in [0.3, 0.4) is 0 Å². The number of carbonyl (C=O) groups excluding carboxylic acids is 3. The molecule has 11 heteroatoms. The summed E-state index contributed by atoms with van der Waals surface area (Å²) in [6.45, 7) is 1.72. The van der Waals surface area contributed by atoms with Gasteiger partial charge in [-0.25, -0.2) is 0 Å². The van der Waals surface area contributed by atoms with Crippen molar-refractivity contribution in [1.82, 2.24) is 20.0 Å². The van der Waals surface area contributed by atoms with Crippen LogP contribution in [0.1, 0.15) is 54.0 Å². The van der Waals surface area contributed by atoms with E-state index < -0.39 is 35.5 Å². The third kappa shape index (κ3) is 5.16. The highest BCUT2D eigenvalue weighted by Crippen LogP contribution is 2.33. The highest BCUT2D eigenvalue weighted by molar-refractivity contribution is 7.12. The monoisotopic (exact) mass is 566 g/mol. The first-order valence-corrected chi connectivity index (χ1v) is 13.5. The van der Waals surface area contributed by atoms with Crippen LogP contribution in [0.25, 0.3) is 11.3 Å². The van der Waals surface area contributed by atoms with Crippen molar-refractivity contribution in [2.75, 3.05) is 6.54 Å². The summed E-state index contributed by atoms with van der Waals surface area (Å²) in [6, 6.07) is 12.1. The van der Waals surface area contributed by atoms with Crippen molar-refractivity contribution < 1.29 is 27.6 Å². The van der Waals surface area contributed by atoms with Gasteiger partial charge in [-0.05, 0) is 48.2 Å². The third-order valence-corrected chi connectivity index (χ3v) is 7.83. The van der Waals surface area contributed by atoms with Crippen LogP contribution < -0.4 is 5.32 Å². The Bertz CT molecular complexity index is 1570. The first-order valence-electron chi connectivity index (χ1n) is 12.6. The van der Waals surface area contributed by atoms with Gasteiger partial charge in [0.25, 0.3) is 17.7 Å². The molecule has 1 aliphatic heterocycles. The highest BCUT2D eigenvalue weighted by Gasteiger charge is 2.38. The number of aromatic nitrogens is 2. The maximum Gasteiger partial charge on any atom is 0.416 e. The average Bonchev–Trinajstić information content (AvgIpc) is 3.62. The lowest BCUT2D eigenvalue weighted by Crippen LogP contribution is -2.47. The topological polar surface area (TPSA) is 84.3 Å². The fourth-order valence-electron chi connectivity index (χ4n) is 4.98. The highest BCUT2D eigenvalue weighted by atomic mass is 32.1. The maximum atomic E-state index is 13.8. The number of hydrogen-bond acceptors (Lipinski definition) is 5. The van der Waals surface area contributed by atoms with E-state index in [1.807, 2.05) is 19.4 Å². The van der Waals surface area contributed by atoms with E-state index >= 15 is 0 Å². The fourth-order valence-corrected chi connectivity index (χ4v) is 5.77. The second-order valence-electron chi connectivity index (χ2n) is 9.49. The van der Waals surface area contributed by atoms with Crippen LogP contribution in [0, 0.1) is 0 Å². The average molecular weight is 567 g/mol. The van der Waals surface area contributed by atoms with Crippen molar-refractivity contribution >= 4 is 29.1 Å². The number of thiophene rings is 1. The van der Waals surface area contributed by atoms with E-state index in [0.29, 0.717) is 4.88 Å². The molecule has 1 unspecified atom stereocenters. The number of benzene rings is 2. The molecule has 0 saturated heterocycles. The Morgan fingerprint density at radius 1 is 1.02 bits per heavy atom. The molecule has 1 aliphatic rings. The predicted octanol–water partition coefficient (Wildman–Crippen LogP) is 5.37. The smallest absolute Gasteiger partial charge is 0.346 e. The van der Waals surface area contributed by atoms with Crippen molar-refractivity contribution in [3.63, 3.8) is 0 Å². The molecule has 0 aliphatic carbocycles. The minimum Gasteiger partial charge on any atom is -0.346 e. The van der Waals surface area contributed by atoms with Gasteiger partial charge < -0.3 is 5.32 Å². The zero-order valence-corrected chi connectivity index (χ0v) is 22.5. The Labute approximate surface area is 232 Å². The summed E-state index contributed by atoms with van der Waals surface area (Å²) in [5, 5.41) is 8.90. The molecule has 2 aromatic heterocycles. The molecule has 0 bridgehead atoms. The normalized spacial score (nSPS) is 14.0. The number of alkyl halides is 3. The molecular formula is C29H25F3N4O3S. The van der Waals surface area contributed by atoms with Crippen LogP contribution in [-0.2, 0) is 26.1 Å². The second kappa shape index (κ2) is 10.7. The largest absolute Gasteiger partial charge is 0.416 e. The Balaban J connectivity index is 1.44. The Kier molecular flexibility index (Phi) is 7.33. The van der Waals surface area contributed by atoms with E-state index in [2.05, 4.69) is 10.4 Å². The van der Waals surface area contributed by atoms with E-state index in [1.54, 1.807) is 29.1 Å². The second-order valence-corrected chi connectivity index (χ2v) is 10.4. The summed E-state index contributed by atoms with van der Waals surface area (Å²) in [5.41, 5.74) is 2.24. The first-order chi connectivity index (χ1) is 19.1. The van der Waals surface area contributed by atoms with Gasteiger partial charge in [-0.3, -0.25) is 24.0 Å². The molecule has 2 aromatic carbocycles. The molecule has 7 nitrogen and oxygen atoms in total. The molecular weight excluding hydrogens is 541 g/mol. The number of rotatable bonds is 8. The summed E-state index contributed by atoms with van der Waals surface area (Å²) >= 11 is 1.19. The summed E-state index contributed by atoms with van der Waals surface area (Å²) in [6.07, 6.45) is -2.33. The molecule has 0 spiro atoms. The number of nitrogens with one attached hydrogen (secondary N) is 1. The quantitative estimate of drug-likeness (QED) is 0.291. The van der Waals surface area contributed by atoms with E-state index in [1.165, 1.54) is 41.7 Å². The van der Waals surface area contributed by atoms with Gasteiger partial charge in [-0.1, -0.05) is 37.3 Å². The zero-order valence-electron chi connectivity index (χ0n) is 21.7. The number of imide groups is 1. The summed E-state index contributed by atoms with van der Waals surface area (Å²) in [5.74, 6) is -1.61. The van der Waals surface area contributed by atoms with E-state index in [9.17, 15) is 27.6 Å². The summed E-state index contributed by atoms with van der Waals surface area (Å²) in [4.78, 5) is 40.7. The minimum absolute atomic E-state index is 0.0498. The van der Waals surface area contributed by atoms with Gasteiger partial charge in [0.05, 0.1) is 39.5 Å². The zero-order chi connectivity index (χ0) is 28.6. The molecule has 3 amide bonds. The molecule has 3 heterocycles. The van der Waals surface area contributed by atoms with Gasteiger partial charge in [-0.15, -0.1) is 11.3 Å². The maximum absolute atomic E-state index is 13.8. The molecule has 0 radical (unpaired) electrons. The third-order valence-electron chi connectivity index (χ3n) is 6.90. The van der Waals surface area contributed by atoms with E-state index in [0.717, 1.165) is 34.2 Å². The van der Waals surface area contributed by atoms with Gasteiger partial charge in [-0.2, -0.15) is 18.3 Å². The van der Waals surface area contributed by atoms with Crippen molar-refractivity contribution in [2.24, 2.45) is 7.05 Å². The lowest BCUT2D eigenvalue weighted by molar-refractivity contribution is -0.138. The molecule has 4 aromatic rings. The van der Waals surface area contributed by atoms with Crippen molar-refractivity contribution in [3.8, 4) is 11.3 Å². The number of nitrogens with zero attached hydrogens (tertiary/aromatic N) is 3. The molecule has 1 N–H and O–H groups in total. The fraction of sp³-hybridized carbons (Fsp3) is 0.241. The van der Waals surface area contributed by atoms with Crippen LogP contribution in [0.15, 0.2) is 66.2 Å². The lowest BCUT2D eigenvalue weighted by Gasteiger charge is -2.25. The van der Waals surface area contributed by atoms with Crippen LogP contribution in [0.4, 0.5) is 13.2 Å². The Hall–Kier alpha value is -4.25. The minimum atomic E-state index is -4.61. The van der Waals surface area contributed by atoms with Gasteiger partial charge in [0.2, 0.25) is 0 Å². The van der Waals surface area contributed by atoms with Gasteiger partial charge in [0, 0.05) is 24.5 Å². The Morgan fingerprint density at radius 2 is 1.68 bits per heavy atom. The Morgan fingerprint density at radius 3 is 2.33 bits per heavy atom. The summed E-state index contributed by atoms with van der Waals surface area (Å²) in [7, 11) is 1.81. The van der Waals surface area contributed by atoms with Gasteiger partial charge in [0.15, 0.2) is 0 Å². The van der Waals surface area contributed by atoms with Gasteiger partial charge >= 0.3 is 6.18 Å². The molecule has 0 fully saturated rings. The first kappa shape index (κ1) is 27.3. The molecule has 0 saturated carbocycles. The number of amides is 3. The van der Waals surface area contributed by atoms with Gasteiger partial charge in [0.1, 0.15) is 0 Å². The van der Waals surface area contributed by atoms with E-state index in [-0.39, 0.29) is 29.7 Å². The number of carbonyl (C=O) groups is 3. The molecule has 5 rings (SSSR count). The van der Waals surface area contributed by atoms with Crippen LogP contribution in [-0.4, -0.2) is 45.0 Å². The number of hydrogen-bond donors (Lipinski definition) is 1. The standard InChI is InChI=1S/C29H25F3N4O3S/c1-3-17-14-33-35(2)25(17)19-13-24(40-16-19)26(37)34-20(12-18-8-4-7-11-23(18)29(30,31)32)15-36-27(38)21-9-5-6-10-22(21)28(36)39/h4-11,13-14,16,20H,3,12,15H2,1-2H3,(H,34,37). The molecule has 40 heavy (non-hydrogen) atoms. The predicted molar refractivity (Wildman–Crippen MR) is 144 cm³/mol. The van der Waals surface area contributed by atoms with Crippen LogP contribution >= 0.6 is 11.3 Å². The lowest BCUT2D eigenvalue weighted by atomic mass is 9.99. The number of halogens is 3. The molecule has 206 valence electrons. The summed E-state index contributed by atoms with van der Waals surface area (Å²) < 4.78 is 43.0. The van der Waals surface area contributed by atoms with Crippen molar-refractivity contribution in [1.29, 1.82) is 0 Å². The number of aryl methyl sites for hydroxylation is 2. The van der Waals surface area contributed by atoms with Crippen molar-refractivity contribution in [2.45, 2.75) is 32.0 Å². The number of fused-ring (bicyclic) bond motifs is 1. The van der Waals surface area contributed by atoms with E-state index in [4.69, 9.17) is 0 Å². The van der Waals surface area contributed by atoms with Crippen LogP contribution in [0.2, 0.25) is 0 Å². The van der Waals surface area contributed by atoms with Crippen LogP contribution in [0.5, 0.6) is 0 Å².